The molecule has 4 nitrogen and oxygen atoms in total. The van der Waals surface area contributed by atoms with Gasteiger partial charge in [-0.05, 0) is 40.8 Å². The van der Waals surface area contributed by atoms with E-state index < -0.39 is 8.07 Å². The largest absolute Gasteiger partial charge is 0.214 e. The molecule has 3 aromatic heterocycles. The van der Waals surface area contributed by atoms with Gasteiger partial charge in [-0.1, -0.05) is 69.1 Å². The quantitative estimate of drug-likeness (QED) is 0.269. The van der Waals surface area contributed by atoms with Crippen molar-refractivity contribution in [2.45, 2.75) is 46.3 Å². The molecule has 0 unspecified atom stereocenters. The summed E-state index contributed by atoms with van der Waals surface area (Å²) in [7, 11) is 0.584. The van der Waals surface area contributed by atoms with Gasteiger partial charge >= 0.3 is 0 Å². The zero-order chi connectivity index (χ0) is 22.1. The normalized spacial score (nSPS) is 12.6. The highest BCUT2D eigenvalue weighted by atomic mass is 32.1. The summed E-state index contributed by atoms with van der Waals surface area (Å²) >= 11 is 1.72. The Bertz CT molecular complexity index is 1470. The highest BCUT2D eigenvalue weighted by Crippen LogP contribution is 2.35. The molecular formula is C25H29N4SSi+. The van der Waals surface area contributed by atoms with Gasteiger partial charge in [-0.2, -0.15) is 9.67 Å². The number of pyridine rings is 1. The van der Waals surface area contributed by atoms with Gasteiger partial charge in [0.25, 0.3) is 0 Å². The van der Waals surface area contributed by atoms with Gasteiger partial charge in [-0.15, -0.1) is 0 Å². The fraction of sp³-hybridized carbons (Fsp3) is 0.320. The first-order valence-electron chi connectivity index (χ1n) is 10.9. The number of hydrogen-bond acceptors (Lipinski definition) is 3. The zero-order valence-corrected chi connectivity index (χ0v) is 21.1. The Kier molecular flexibility index (Phi) is 4.57. The van der Waals surface area contributed by atoms with Gasteiger partial charge in [-0.25, -0.2) is 9.50 Å². The molecule has 0 fully saturated rings. The fourth-order valence-electron chi connectivity index (χ4n) is 4.35. The number of hydrogen-bond donors (Lipinski definition) is 0. The summed E-state index contributed by atoms with van der Waals surface area (Å²) in [5.74, 6) is 0.459. The van der Waals surface area contributed by atoms with Crippen molar-refractivity contribution in [2.75, 3.05) is 0 Å². The Morgan fingerprint density at radius 3 is 2.45 bits per heavy atom. The summed E-state index contributed by atoms with van der Waals surface area (Å²) in [5.41, 5.74) is 7.39. The Morgan fingerprint density at radius 1 is 1.06 bits per heavy atom. The fourth-order valence-corrected chi connectivity index (χ4v) is 6.29. The molecule has 0 amide bonds. The van der Waals surface area contributed by atoms with Crippen LogP contribution in [0, 0.1) is 6.92 Å². The standard InChI is InChI=1S/C25H29N4SSi/c1-15(2)19-12-20(16(3)17-10-8-9-11-18(17)19)21-13-22-23(14-28(21)4)30-25-26-24(27-29(22)25)31(5,6)7/h8-15H,1-7H3/q+1. The number of aryl methyl sites for hydroxylation is 2. The maximum Gasteiger partial charge on any atom is 0.214 e. The molecule has 5 rings (SSSR count). The number of aromatic nitrogens is 4. The number of rotatable bonds is 3. The van der Waals surface area contributed by atoms with E-state index in [4.69, 9.17) is 10.1 Å². The Morgan fingerprint density at radius 2 is 1.77 bits per heavy atom. The van der Waals surface area contributed by atoms with Gasteiger partial charge in [0.2, 0.25) is 10.7 Å². The summed E-state index contributed by atoms with van der Waals surface area (Å²) in [6, 6.07) is 13.5. The predicted octanol–water partition coefficient (Wildman–Crippen LogP) is 5.57. The third-order valence-corrected chi connectivity index (χ3v) is 8.67. The number of fused-ring (bicyclic) bond motifs is 4. The van der Waals surface area contributed by atoms with Crippen molar-refractivity contribution in [3.8, 4) is 11.3 Å². The van der Waals surface area contributed by atoms with Crippen LogP contribution >= 0.6 is 11.3 Å². The van der Waals surface area contributed by atoms with Crippen LogP contribution < -0.4 is 10.0 Å². The van der Waals surface area contributed by atoms with E-state index in [-0.39, 0.29) is 0 Å². The van der Waals surface area contributed by atoms with Crippen molar-refractivity contribution in [1.82, 2.24) is 14.6 Å². The van der Waals surface area contributed by atoms with Gasteiger partial charge in [0.15, 0.2) is 6.20 Å². The van der Waals surface area contributed by atoms with Crippen LogP contribution in [-0.2, 0) is 7.05 Å². The molecule has 0 saturated heterocycles. The van der Waals surface area contributed by atoms with E-state index in [0.717, 1.165) is 15.9 Å². The van der Waals surface area contributed by atoms with E-state index in [1.807, 2.05) is 0 Å². The van der Waals surface area contributed by atoms with Gasteiger partial charge in [0.05, 0.1) is 11.1 Å². The van der Waals surface area contributed by atoms with Crippen molar-refractivity contribution >= 4 is 50.8 Å². The molecule has 0 aliphatic carbocycles. The first-order valence-corrected chi connectivity index (χ1v) is 15.2. The molecule has 3 heterocycles. The molecule has 5 aromatic rings. The molecule has 0 aliphatic rings. The summed E-state index contributed by atoms with van der Waals surface area (Å²) in [4.78, 5) is 5.86. The Hall–Kier alpha value is -2.57. The molecule has 158 valence electrons. The lowest BCUT2D eigenvalue weighted by Gasteiger charge is -2.15. The van der Waals surface area contributed by atoms with Crippen molar-refractivity contribution in [2.24, 2.45) is 7.05 Å². The van der Waals surface area contributed by atoms with E-state index in [2.05, 4.69) is 99.1 Å². The molecule has 2 aromatic carbocycles. The number of nitrogens with zero attached hydrogens (tertiary/aromatic N) is 4. The first kappa shape index (κ1) is 20.3. The minimum absolute atomic E-state index is 0.459. The molecule has 0 aliphatic heterocycles. The van der Waals surface area contributed by atoms with E-state index in [9.17, 15) is 0 Å². The molecule has 0 radical (unpaired) electrons. The van der Waals surface area contributed by atoms with Crippen molar-refractivity contribution in [3.05, 3.63) is 53.7 Å². The molecule has 0 bridgehead atoms. The maximum atomic E-state index is 4.92. The third kappa shape index (κ3) is 3.20. The zero-order valence-electron chi connectivity index (χ0n) is 19.3. The van der Waals surface area contributed by atoms with Gasteiger partial charge in [-0.3, -0.25) is 0 Å². The van der Waals surface area contributed by atoms with Gasteiger partial charge in [0.1, 0.15) is 25.3 Å². The van der Waals surface area contributed by atoms with E-state index in [1.54, 1.807) is 11.3 Å². The lowest BCUT2D eigenvalue weighted by Crippen LogP contribution is -2.40. The second-order valence-electron chi connectivity index (χ2n) is 9.84. The van der Waals surface area contributed by atoms with Crippen LogP contribution in [0.2, 0.25) is 19.6 Å². The van der Waals surface area contributed by atoms with E-state index >= 15 is 0 Å². The molecule has 0 atom stereocenters. The highest BCUT2D eigenvalue weighted by Gasteiger charge is 2.26. The average molecular weight is 446 g/mol. The summed E-state index contributed by atoms with van der Waals surface area (Å²) < 4.78 is 5.52. The second-order valence-corrected chi connectivity index (χ2v) is 15.8. The SMILES string of the molecule is Cc1c(-c2cc3c(c[n+]2C)sc2nc([Si](C)(C)C)nn23)cc(C(C)C)c2ccccc12. The number of thiazole rings is 1. The average Bonchev–Trinajstić information content (AvgIpc) is 3.26. The molecule has 6 heteroatoms. The summed E-state index contributed by atoms with van der Waals surface area (Å²) in [5, 5.41) is 7.62. The van der Waals surface area contributed by atoms with Crippen LogP contribution in [0.1, 0.15) is 30.9 Å². The summed E-state index contributed by atoms with van der Waals surface area (Å²) in [6.07, 6.45) is 2.23. The first-order chi connectivity index (χ1) is 14.6. The minimum Gasteiger partial charge on any atom is -0.208 e. The minimum atomic E-state index is -1.56. The van der Waals surface area contributed by atoms with Crippen molar-refractivity contribution in [1.29, 1.82) is 0 Å². The van der Waals surface area contributed by atoms with Crippen LogP contribution in [0.25, 0.3) is 37.2 Å². The van der Waals surface area contributed by atoms with Crippen molar-refractivity contribution in [3.63, 3.8) is 0 Å². The molecular weight excluding hydrogens is 416 g/mol. The lowest BCUT2D eigenvalue weighted by molar-refractivity contribution is -0.659. The lowest BCUT2D eigenvalue weighted by atomic mass is 9.89. The van der Waals surface area contributed by atoms with E-state index in [0.29, 0.717) is 5.92 Å². The summed E-state index contributed by atoms with van der Waals surface area (Å²) in [6.45, 7) is 13.7. The molecule has 0 saturated carbocycles. The highest BCUT2D eigenvalue weighted by molar-refractivity contribution is 7.23. The van der Waals surface area contributed by atoms with Crippen LogP contribution in [0.4, 0.5) is 0 Å². The molecule has 0 N–H and O–H groups in total. The van der Waals surface area contributed by atoms with Crippen LogP contribution in [0.5, 0.6) is 0 Å². The smallest absolute Gasteiger partial charge is 0.208 e. The van der Waals surface area contributed by atoms with Gasteiger partial charge < -0.3 is 0 Å². The topological polar surface area (TPSA) is 34.1 Å². The van der Waals surface area contributed by atoms with Crippen molar-refractivity contribution < 1.29 is 4.57 Å². The third-order valence-electron chi connectivity index (χ3n) is 6.14. The van der Waals surface area contributed by atoms with Crippen LogP contribution in [0.15, 0.2) is 42.6 Å². The maximum absolute atomic E-state index is 4.92. The van der Waals surface area contributed by atoms with Crippen LogP contribution in [0.3, 0.4) is 0 Å². The molecule has 0 spiro atoms. The van der Waals surface area contributed by atoms with Crippen LogP contribution in [-0.4, -0.2) is 22.7 Å². The molecule has 31 heavy (non-hydrogen) atoms. The monoisotopic (exact) mass is 445 g/mol. The number of benzene rings is 2. The Balaban J connectivity index is 1.81. The second kappa shape index (κ2) is 6.97. The van der Waals surface area contributed by atoms with E-state index in [1.165, 1.54) is 37.9 Å². The van der Waals surface area contributed by atoms with Gasteiger partial charge in [0, 0.05) is 6.07 Å². The Labute approximate surface area is 188 Å². The predicted molar refractivity (Wildman–Crippen MR) is 134 cm³/mol.